The van der Waals surface area contributed by atoms with Crippen LogP contribution in [0.4, 0.5) is 0 Å². The molecule has 1 amide bonds. The number of carbonyl (C=O) groups is 2. The summed E-state index contributed by atoms with van der Waals surface area (Å²) in [6, 6.07) is 7.59. The summed E-state index contributed by atoms with van der Waals surface area (Å²) in [6.07, 6.45) is 3.68. The Morgan fingerprint density at radius 1 is 1.29 bits per heavy atom. The van der Waals surface area contributed by atoms with Gasteiger partial charge in [-0.3, -0.25) is 10.1 Å². The third-order valence-corrected chi connectivity index (χ3v) is 5.70. The Morgan fingerprint density at radius 2 is 2.10 bits per heavy atom. The van der Waals surface area contributed by atoms with Crippen LogP contribution >= 0.6 is 11.8 Å². The van der Waals surface area contributed by atoms with Gasteiger partial charge in [0.15, 0.2) is 5.17 Å². The zero-order chi connectivity index (χ0) is 22.1. The zero-order valence-electron chi connectivity index (χ0n) is 17.7. The van der Waals surface area contributed by atoms with E-state index in [1.807, 2.05) is 24.3 Å². The summed E-state index contributed by atoms with van der Waals surface area (Å²) in [6.45, 7) is 6.18. The van der Waals surface area contributed by atoms with Crippen LogP contribution in [-0.4, -0.2) is 86.5 Å². The van der Waals surface area contributed by atoms with Crippen molar-refractivity contribution < 1.29 is 19.1 Å². The summed E-state index contributed by atoms with van der Waals surface area (Å²) in [5.41, 5.74) is 0.834. The molecule has 0 aliphatic carbocycles. The van der Waals surface area contributed by atoms with Gasteiger partial charge in [-0.25, -0.2) is 4.79 Å². The minimum atomic E-state index is -0.595. The highest BCUT2D eigenvalue weighted by atomic mass is 32.2. The van der Waals surface area contributed by atoms with Gasteiger partial charge in [-0.1, -0.05) is 12.1 Å². The van der Waals surface area contributed by atoms with Gasteiger partial charge in [0, 0.05) is 38.8 Å². The van der Waals surface area contributed by atoms with E-state index in [2.05, 4.69) is 37.1 Å². The molecule has 0 saturated carbocycles. The number of esters is 1. The molecule has 1 N–H and O–H groups in total. The van der Waals surface area contributed by atoms with Crippen LogP contribution in [0.5, 0.6) is 5.75 Å². The summed E-state index contributed by atoms with van der Waals surface area (Å²) in [5, 5.41) is 10.8. The molecule has 0 radical (unpaired) electrons. The van der Waals surface area contributed by atoms with Crippen LogP contribution in [-0.2, 0) is 14.3 Å². The number of thioether (sulfide) groups is 1. The van der Waals surface area contributed by atoms with Gasteiger partial charge in [0.2, 0.25) is 0 Å². The number of benzene rings is 1. The first-order valence-corrected chi connectivity index (χ1v) is 10.9. The molecule has 9 nitrogen and oxygen atoms in total. The van der Waals surface area contributed by atoms with E-state index in [9.17, 15) is 9.59 Å². The highest BCUT2D eigenvalue weighted by Crippen LogP contribution is 2.23. The first-order chi connectivity index (χ1) is 15.0. The molecule has 0 unspecified atom stereocenters. The molecule has 1 aromatic carbocycles. The highest BCUT2D eigenvalue weighted by molar-refractivity contribution is 8.18. The van der Waals surface area contributed by atoms with Gasteiger partial charge in [-0.2, -0.15) is 5.10 Å². The van der Waals surface area contributed by atoms with Gasteiger partial charge in [0.05, 0.1) is 24.8 Å². The van der Waals surface area contributed by atoms with E-state index in [-0.39, 0.29) is 4.91 Å². The number of nitrogens with zero attached hydrogens (tertiary/aromatic N) is 4. The van der Waals surface area contributed by atoms with E-state index < -0.39 is 11.9 Å². The minimum absolute atomic E-state index is 0.216. The normalized spacial score (nSPS) is 20.5. The number of hydrogen-bond donors (Lipinski definition) is 1. The van der Waals surface area contributed by atoms with Gasteiger partial charge in [-0.05, 0) is 42.9 Å². The molecule has 0 atom stereocenters. The predicted octanol–water partition coefficient (Wildman–Crippen LogP) is 1.31. The van der Waals surface area contributed by atoms with Gasteiger partial charge in [0.25, 0.3) is 5.91 Å². The fraction of sp³-hybridized carbons (Fsp3) is 0.429. The SMILES string of the molecule is COC(=O)/C=C1/S/C(=N\N=Cc2cccc(OCCCN3CCN(C)CC3)c2)NC1=O. The van der Waals surface area contributed by atoms with Crippen LogP contribution in [0, 0.1) is 0 Å². The summed E-state index contributed by atoms with van der Waals surface area (Å²) < 4.78 is 10.4. The topological polar surface area (TPSA) is 95.8 Å². The molecule has 1 aromatic rings. The van der Waals surface area contributed by atoms with Crippen LogP contribution in [0.2, 0.25) is 0 Å². The Morgan fingerprint density at radius 3 is 2.87 bits per heavy atom. The van der Waals surface area contributed by atoms with E-state index in [1.54, 1.807) is 6.21 Å². The molecule has 0 bridgehead atoms. The molecule has 31 heavy (non-hydrogen) atoms. The second-order valence-corrected chi connectivity index (χ2v) is 8.19. The van der Waals surface area contributed by atoms with E-state index >= 15 is 0 Å². The molecule has 2 aliphatic rings. The van der Waals surface area contributed by atoms with Crippen LogP contribution in [0.3, 0.4) is 0 Å². The number of piperazine rings is 1. The lowest BCUT2D eigenvalue weighted by molar-refractivity contribution is -0.135. The standard InChI is InChI=1S/C21H27N5O4S/c1-25-8-10-26(11-9-25)7-4-12-30-17-6-3-5-16(13-17)15-22-24-21-23-20(28)18(31-21)14-19(27)29-2/h3,5-6,13-15H,4,7-12H2,1-2H3,(H,23,24,28)/b18-14+,22-15?. The number of likely N-dealkylation sites (N-methyl/N-ethyl adjacent to an activating group) is 1. The molecule has 2 saturated heterocycles. The average Bonchev–Trinajstić information content (AvgIpc) is 3.11. The molecule has 2 aliphatic heterocycles. The third kappa shape index (κ3) is 7.50. The number of amides is 1. The zero-order valence-corrected chi connectivity index (χ0v) is 18.6. The third-order valence-electron chi connectivity index (χ3n) is 4.80. The second kappa shape index (κ2) is 11.6. The van der Waals surface area contributed by atoms with Crippen LogP contribution in [0.15, 0.2) is 45.4 Å². The van der Waals surface area contributed by atoms with E-state index in [1.165, 1.54) is 7.11 Å². The molecular formula is C21H27N5O4S. The van der Waals surface area contributed by atoms with E-state index in [0.29, 0.717) is 11.8 Å². The van der Waals surface area contributed by atoms with Crippen molar-refractivity contribution in [1.29, 1.82) is 0 Å². The summed E-state index contributed by atoms with van der Waals surface area (Å²) >= 11 is 1.03. The number of rotatable bonds is 8. The molecule has 2 fully saturated rings. The fourth-order valence-corrected chi connectivity index (χ4v) is 3.76. The van der Waals surface area contributed by atoms with Crippen LogP contribution in [0.25, 0.3) is 0 Å². The maximum absolute atomic E-state index is 11.8. The second-order valence-electron chi connectivity index (χ2n) is 7.16. The van der Waals surface area contributed by atoms with Crippen molar-refractivity contribution in [1.82, 2.24) is 15.1 Å². The van der Waals surface area contributed by atoms with E-state index in [0.717, 1.165) is 68.3 Å². The van der Waals surface area contributed by atoms with Crippen molar-refractivity contribution >= 4 is 35.0 Å². The number of ether oxygens (including phenoxy) is 2. The van der Waals surface area contributed by atoms with Crippen molar-refractivity contribution in [3.05, 3.63) is 40.8 Å². The quantitative estimate of drug-likeness (QED) is 0.212. The van der Waals surface area contributed by atoms with Crippen LogP contribution < -0.4 is 10.1 Å². The Hall–Kier alpha value is -2.69. The molecule has 10 heteroatoms. The lowest BCUT2D eigenvalue weighted by atomic mass is 10.2. The fourth-order valence-electron chi connectivity index (χ4n) is 3.02. The van der Waals surface area contributed by atoms with Crippen molar-refractivity contribution in [2.45, 2.75) is 6.42 Å². The lowest BCUT2D eigenvalue weighted by Crippen LogP contribution is -2.44. The predicted molar refractivity (Wildman–Crippen MR) is 121 cm³/mol. The minimum Gasteiger partial charge on any atom is -0.494 e. The highest BCUT2D eigenvalue weighted by Gasteiger charge is 2.25. The molecule has 2 heterocycles. The first kappa shape index (κ1) is 23.0. The maximum atomic E-state index is 11.8. The van der Waals surface area contributed by atoms with Gasteiger partial charge >= 0.3 is 5.97 Å². The van der Waals surface area contributed by atoms with Crippen molar-refractivity contribution in [2.24, 2.45) is 10.2 Å². The summed E-state index contributed by atoms with van der Waals surface area (Å²) in [4.78, 5) is 28.1. The number of carbonyl (C=O) groups excluding carboxylic acids is 2. The molecule has 166 valence electrons. The Kier molecular flexibility index (Phi) is 8.63. The molecular weight excluding hydrogens is 418 g/mol. The van der Waals surface area contributed by atoms with Crippen LogP contribution in [0.1, 0.15) is 12.0 Å². The van der Waals surface area contributed by atoms with E-state index in [4.69, 9.17) is 4.74 Å². The average molecular weight is 446 g/mol. The van der Waals surface area contributed by atoms with Gasteiger partial charge in [-0.15, -0.1) is 5.10 Å². The number of methoxy groups -OCH3 is 1. The van der Waals surface area contributed by atoms with Crippen molar-refractivity contribution in [2.75, 3.05) is 53.5 Å². The molecule has 3 rings (SSSR count). The Labute approximate surface area is 186 Å². The monoisotopic (exact) mass is 445 g/mol. The number of nitrogens with one attached hydrogen (secondary N) is 1. The Balaban J connectivity index is 1.45. The largest absolute Gasteiger partial charge is 0.494 e. The lowest BCUT2D eigenvalue weighted by Gasteiger charge is -2.32. The first-order valence-electron chi connectivity index (χ1n) is 10.1. The maximum Gasteiger partial charge on any atom is 0.331 e. The molecule has 0 aromatic heterocycles. The van der Waals surface area contributed by atoms with Crippen molar-refractivity contribution in [3.63, 3.8) is 0 Å². The Bertz CT molecular complexity index is 878. The van der Waals surface area contributed by atoms with Crippen molar-refractivity contribution in [3.8, 4) is 5.75 Å². The summed E-state index contributed by atoms with van der Waals surface area (Å²) in [7, 11) is 3.41. The number of amidine groups is 1. The molecule has 0 spiro atoms. The smallest absolute Gasteiger partial charge is 0.331 e. The van der Waals surface area contributed by atoms with Gasteiger partial charge < -0.3 is 19.3 Å². The van der Waals surface area contributed by atoms with Gasteiger partial charge in [0.1, 0.15) is 5.75 Å². The number of hydrogen-bond acceptors (Lipinski definition) is 9. The summed E-state index contributed by atoms with van der Waals surface area (Å²) in [5.74, 6) is -0.221.